The lowest BCUT2D eigenvalue weighted by molar-refractivity contribution is -0.122. The second-order valence-corrected chi connectivity index (χ2v) is 3.97. The fourth-order valence-corrected chi connectivity index (χ4v) is 1.91. The molecule has 0 aromatic rings. The van der Waals surface area contributed by atoms with Crippen molar-refractivity contribution in [3.05, 3.63) is 0 Å². The predicted octanol–water partition coefficient (Wildman–Crippen LogP) is 0.196. The lowest BCUT2D eigenvalue weighted by Crippen LogP contribution is -2.43. The Hall–Kier alpha value is -0.610. The number of hydrogen-bond acceptors (Lipinski definition) is 3. The molecule has 1 heterocycles. The Kier molecular flexibility index (Phi) is 5.65. The van der Waals surface area contributed by atoms with E-state index in [4.69, 9.17) is 0 Å². The first-order chi connectivity index (χ1) is 7.27. The highest BCUT2D eigenvalue weighted by Gasteiger charge is 2.21. The van der Waals surface area contributed by atoms with Crippen LogP contribution >= 0.6 is 0 Å². The average molecular weight is 213 g/mol. The first kappa shape index (κ1) is 12.5. The fraction of sp³-hybridized carbons (Fsp3) is 0.909. The van der Waals surface area contributed by atoms with Crippen molar-refractivity contribution < 1.29 is 4.79 Å². The van der Waals surface area contributed by atoms with Gasteiger partial charge in [0.15, 0.2) is 0 Å². The maximum atomic E-state index is 11.6. The summed E-state index contributed by atoms with van der Waals surface area (Å²) in [4.78, 5) is 13.9. The Bertz CT molecular complexity index is 186. The van der Waals surface area contributed by atoms with Crippen LogP contribution in [0.2, 0.25) is 0 Å². The third-order valence-corrected chi connectivity index (χ3v) is 3.00. The van der Waals surface area contributed by atoms with Gasteiger partial charge in [0.25, 0.3) is 0 Å². The van der Waals surface area contributed by atoms with Crippen LogP contribution in [-0.2, 0) is 4.79 Å². The minimum Gasteiger partial charge on any atom is -0.353 e. The molecule has 0 spiro atoms. The molecule has 1 rings (SSSR count). The molecule has 1 aliphatic heterocycles. The number of amides is 1. The van der Waals surface area contributed by atoms with E-state index >= 15 is 0 Å². The van der Waals surface area contributed by atoms with Crippen molar-refractivity contribution in [3.8, 4) is 0 Å². The van der Waals surface area contributed by atoms with E-state index in [1.165, 1.54) is 0 Å². The van der Waals surface area contributed by atoms with Gasteiger partial charge >= 0.3 is 0 Å². The van der Waals surface area contributed by atoms with Crippen LogP contribution in [0.4, 0.5) is 0 Å². The Morgan fingerprint density at radius 1 is 1.47 bits per heavy atom. The molecule has 0 aromatic heterocycles. The van der Waals surface area contributed by atoms with Gasteiger partial charge in [-0.3, -0.25) is 4.79 Å². The second kappa shape index (κ2) is 6.80. The third-order valence-electron chi connectivity index (χ3n) is 3.00. The third kappa shape index (κ3) is 4.18. The summed E-state index contributed by atoms with van der Waals surface area (Å²) in [6, 6.07) is 0.0571. The van der Waals surface area contributed by atoms with Crippen LogP contribution in [0.25, 0.3) is 0 Å². The van der Waals surface area contributed by atoms with Crippen LogP contribution in [0.3, 0.4) is 0 Å². The van der Waals surface area contributed by atoms with Crippen LogP contribution in [0.5, 0.6) is 0 Å². The second-order valence-electron chi connectivity index (χ2n) is 3.97. The van der Waals surface area contributed by atoms with Gasteiger partial charge in [-0.2, -0.15) is 0 Å². The van der Waals surface area contributed by atoms with Gasteiger partial charge in [-0.25, -0.2) is 0 Å². The van der Waals surface area contributed by atoms with E-state index in [0.29, 0.717) is 0 Å². The Labute approximate surface area is 92.4 Å². The molecule has 1 aliphatic rings. The molecule has 1 amide bonds. The zero-order valence-electron chi connectivity index (χ0n) is 9.88. The van der Waals surface area contributed by atoms with E-state index in [0.717, 1.165) is 45.6 Å². The Morgan fingerprint density at radius 2 is 2.20 bits per heavy atom. The highest BCUT2D eigenvalue weighted by atomic mass is 16.2. The molecule has 0 aliphatic carbocycles. The smallest absolute Gasteiger partial charge is 0.237 e. The van der Waals surface area contributed by atoms with Gasteiger partial charge in [-0.15, -0.1) is 0 Å². The van der Waals surface area contributed by atoms with E-state index in [1.807, 2.05) is 0 Å². The van der Waals surface area contributed by atoms with E-state index in [-0.39, 0.29) is 11.9 Å². The molecule has 15 heavy (non-hydrogen) atoms. The lowest BCUT2D eigenvalue weighted by atomic mass is 10.2. The van der Waals surface area contributed by atoms with Crippen LogP contribution in [0.15, 0.2) is 0 Å². The van der Waals surface area contributed by atoms with Crippen LogP contribution < -0.4 is 10.6 Å². The fourth-order valence-electron chi connectivity index (χ4n) is 1.91. The van der Waals surface area contributed by atoms with E-state index in [9.17, 15) is 4.79 Å². The number of hydrogen-bond donors (Lipinski definition) is 2. The molecular formula is C11H23N3O. The van der Waals surface area contributed by atoms with Crippen molar-refractivity contribution in [2.24, 2.45) is 0 Å². The standard InChI is InChI=1S/C11H23N3O/c1-3-14(4-2)9-8-13-11(15)10-6-5-7-12-10/h10,12H,3-9H2,1-2H3,(H,13,15)/t10-/m1/s1. The summed E-state index contributed by atoms with van der Waals surface area (Å²) in [5.74, 6) is 0.166. The summed E-state index contributed by atoms with van der Waals surface area (Å²) in [5, 5.41) is 6.18. The van der Waals surface area contributed by atoms with E-state index in [2.05, 4.69) is 29.4 Å². The summed E-state index contributed by atoms with van der Waals surface area (Å²) < 4.78 is 0. The average Bonchev–Trinajstić information content (AvgIpc) is 2.77. The van der Waals surface area contributed by atoms with Gasteiger partial charge < -0.3 is 15.5 Å². The molecule has 88 valence electrons. The molecule has 0 aromatic carbocycles. The number of likely N-dealkylation sites (N-methyl/N-ethyl adjacent to an activating group) is 1. The first-order valence-electron chi connectivity index (χ1n) is 6.01. The van der Waals surface area contributed by atoms with Gasteiger partial charge in [-0.05, 0) is 32.5 Å². The molecular weight excluding hydrogens is 190 g/mol. The molecule has 4 heteroatoms. The molecule has 0 bridgehead atoms. The summed E-state index contributed by atoms with van der Waals surface area (Å²) in [6.07, 6.45) is 2.10. The summed E-state index contributed by atoms with van der Waals surface area (Å²) >= 11 is 0. The number of carbonyl (C=O) groups excluding carboxylic acids is 1. The SMILES string of the molecule is CCN(CC)CCNC(=O)[C@H]1CCCN1. The quantitative estimate of drug-likeness (QED) is 0.662. The van der Waals surface area contributed by atoms with Crippen molar-refractivity contribution in [1.82, 2.24) is 15.5 Å². The minimum absolute atomic E-state index is 0.0571. The highest BCUT2D eigenvalue weighted by molar-refractivity contribution is 5.81. The monoisotopic (exact) mass is 213 g/mol. The van der Waals surface area contributed by atoms with Crippen LogP contribution in [-0.4, -0.2) is 49.6 Å². The molecule has 4 nitrogen and oxygen atoms in total. The van der Waals surface area contributed by atoms with Gasteiger partial charge in [0.05, 0.1) is 6.04 Å². The summed E-state index contributed by atoms with van der Waals surface area (Å²) in [6.45, 7) is 9.08. The number of carbonyl (C=O) groups is 1. The lowest BCUT2D eigenvalue weighted by Gasteiger charge is -2.18. The van der Waals surface area contributed by atoms with E-state index in [1.54, 1.807) is 0 Å². The first-order valence-corrected chi connectivity index (χ1v) is 6.01. The zero-order valence-corrected chi connectivity index (χ0v) is 9.88. The van der Waals surface area contributed by atoms with Gasteiger partial charge in [0.2, 0.25) is 5.91 Å². The molecule has 0 unspecified atom stereocenters. The zero-order chi connectivity index (χ0) is 11.1. The molecule has 1 atom stereocenters. The normalized spacial score (nSPS) is 20.9. The van der Waals surface area contributed by atoms with Crippen LogP contribution in [0.1, 0.15) is 26.7 Å². The summed E-state index contributed by atoms with van der Waals surface area (Å²) in [5.41, 5.74) is 0. The predicted molar refractivity (Wildman–Crippen MR) is 61.8 cm³/mol. The molecule has 1 fully saturated rings. The van der Waals surface area contributed by atoms with Crippen molar-refractivity contribution >= 4 is 5.91 Å². The van der Waals surface area contributed by atoms with Gasteiger partial charge in [0.1, 0.15) is 0 Å². The van der Waals surface area contributed by atoms with Crippen molar-refractivity contribution in [2.45, 2.75) is 32.7 Å². The molecule has 0 radical (unpaired) electrons. The maximum absolute atomic E-state index is 11.6. The number of rotatable bonds is 6. The van der Waals surface area contributed by atoms with Crippen LogP contribution in [0, 0.1) is 0 Å². The largest absolute Gasteiger partial charge is 0.353 e. The van der Waals surface area contributed by atoms with Gasteiger partial charge in [-0.1, -0.05) is 13.8 Å². The Balaban J connectivity index is 2.10. The Morgan fingerprint density at radius 3 is 2.73 bits per heavy atom. The highest BCUT2D eigenvalue weighted by Crippen LogP contribution is 2.04. The number of nitrogens with zero attached hydrogens (tertiary/aromatic N) is 1. The van der Waals surface area contributed by atoms with Crippen molar-refractivity contribution in [1.29, 1.82) is 0 Å². The van der Waals surface area contributed by atoms with E-state index < -0.39 is 0 Å². The topological polar surface area (TPSA) is 44.4 Å². The van der Waals surface area contributed by atoms with Crippen molar-refractivity contribution in [2.75, 3.05) is 32.7 Å². The van der Waals surface area contributed by atoms with Crippen molar-refractivity contribution in [3.63, 3.8) is 0 Å². The molecule has 1 saturated heterocycles. The number of nitrogens with one attached hydrogen (secondary N) is 2. The minimum atomic E-state index is 0.0571. The molecule has 2 N–H and O–H groups in total. The summed E-state index contributed by atoms with van der Waals surface area (Å²) in [7, 11) is 0. The molecule has 0 saturated carbocycles. The van der Waals surface area contributed by atoms with Gasteiger partial charge in [0, 0.05) is 13.1 Å². The maximum Gasteiger partial charge on any atom is 0.237 e.